The molecule has 0 saturated carbocycles. The third-order valence-corrected chi connectivity index (χ3v) is 6.52. The summed E-state index contributed by atoms with van der Waals surface area (Å²) in [6, 6.07) is 4.20. The van der Waals surface area contributed by atoms with Gasteiger partial charge < -0.3 is 10.5 Å². The molecule has 1 saturated heterocycles. The van der Waals surface area contributed by atoms with Crippen molar-refractivity contribution in [3.05, 3.63) is 58.5 Å². The minimum Gasteiger partial charge on any atom is -0.370 e. The number of aryl methyl sites for hydroxylation is 2. The number of aromatic nitrogens is 4. The van der Waals surface area contributed by atoms with Crippen molar-refractivity contribution in [3.63, 3.8) is 0 Å². The number of rotatable bonds is 4. The van der Waals surface area contributed by atoms with E-state index in [0.29, 0.717) is 30.0 Å². The molecule has 2 N–H and O–H groups in total. The van der Waals surface area contributed by atoms with Crippen LogP contribution in [0.25, 0.3) is 11.5 Å². The number of nitrogens with two attached hydrogens (primary N) is 1. The Bertz CT molecular complexity index is 1170. The highest BCUT2D eigenvalue weighted by atomic mass is 19.3. The van der Waals surface area contributed by atoms with Crippen LogP contribution in [0.2, 0.25) is 0 Å². The maximum Gasteiger partial charge on any atom is 0.320 e. The van der Waals surface area contributed by atoms with Gasteiger partial charge in [-0.15, -0.1) is 0 Å². The number of nitrogens with zero attached hydrogens (tertiary/aromatic N) is 5. The molecule has 2 aliphatic heterocycles. The van der Waals surface area contributed by atoms with Crippen LogP contribution in [-0.4, -0.2) is 42.9 Å². The van der Waals surface area contributed by atoms with Crippen molar-refractivity contribution >= 4 is 0 Å². The molecule has 0 aliphatic carbocycles. The van der Waals surface area contributed by atoms with Crippen LogP contribution in [0, 0.1) is 18.6 Å². The molecule has 7 nitrogen and oxygen atoms in total. The van der Waals surface area contributed by atoms with Crippen molar-refractivity contribution in [1.29, 1.82) is 0 Å². The molecule has 4 heterocycles. The topological polar surface area (TPSA) is 74.1 Å². The lowest BCUT2D eigenvalue weighted by Gasteiger charge is -2.38. The van der Waals surface area contributed by atoms with Crippen molar-refractivity contribution in [2.24, 2.45) is 12.8 Å². The predicted molar refractivity (Wildman–Crippen MR) is 111 cm³/mol. The molecule has 2 aliphatic rings. The zero-order chi connectivity index (χ0) is 23.4. The quantitative estimate of drug-likeness (QED) is 0.599. The summed E-state index contributed by atoms with van der Waals surface area (Å²) in [4.78, 5) is 6.47. The maximum atomic E-state index is 14.2. The lowest BCUT2D eigenvalue weighted by Crippen LogP contribution is -2.47. The van der Waals surface area contributed by atoms with Gasteiger partial charge in [-0.3, -0.25) is 14.1 Å². The second kappa shape index (κ2) is 8.23. The van der Waals surface area contributed by atoms with E-state index in [1.807, 2.05) is 11.8 Å². The zero-order valence-electron chi connectivity index (χ0n) is 18.2. The van der Waals surface area contributed by atoms with E-state index in [9.17, 15) is 17.6 Å². The molecule has 3 atom stereocenters. The first kappa shape index (κ1) is 22.1. The summed E-state index contributed by atoms with van der Waals surface area (Å²) in [5.41, 5.74) is 8.61. The molecule has 176 valence electrons. The number of hydrogen-bond donors (Lipinski definition) is 1. The highest BCUT2D eigenvalue weighted by Crippen LogP contribution is 2.37. The number of benzene rings is 1. The van der Waals surface area contributed by atoms with Gasteiger partial charge in [-0.25, -0.2) is 13.8 Å². The van der Waals surface area contributed by atoms with Crippen LogP contribution in [0.15, 0.2) is 24.3 Å². The Morgan fingerprint density at radius 1 is 1.18 bits per heavy atom. The zero-order valence-corrected chi connectivity index (χ0v) is 18.2. The van der Waals surface area contributed by atoms with E-state index >= 15 is 0 Å². The molecule has 1 unspecified atom stereocenters. The van der Waals surface area contributed by atoms with Gasteiger partial charge in [0.05, 0.1) is 18.0 Å². The summed E-state index contributed by atoms with van der Waals surface area (Å²) in [5, 5.41) is 4.30. The Labute approximate surface area is 187 Å². The molecule has 5 rings (SSSR count). The van der Waals surface area contributed by atoms with Crippen LogP contribution in [0.4, 0.5) is 17.6 Å². The number of hydrogen-bond acceptors (Lipinski definition) is 5. The van der Waals surface area contributed by atoms with Crippen LogP contribution in [-0.2, 0) is 24.9 Å². The van der Waals surface area contributed by atoms with Crippen molar-refractivity contribution < 1.29 is 22.3 Å². The van der Waals surface area contributed by atoms with Crippen molar-refractivity contribution in [1.82, 2.24) is 24.2 Å². The first-order valence-corrected chi connectivity index (χ1v) is 10.7. The molecule has 3 aromatic rings. The third kappa shape index (κ3) is 3.83. The van der Waals surface area contributed by atoms with Gasteiger partial charge in [0.2, 0.25) is 0 Å². The first-order valence-electron chi connectivity index (χ1n) is 10.7. The smallest absolute Gasteiger partial charge is 0.320 e. The lowest BCUT2D eigenvalue weighted by molar-refractivity contribution is -0.0538. The van der Waals surface area contributed by atoms with Gasteiger partial charge in [0.1, 0.15) is 23.4 Å². The van der Waals surface area contributed by atoms with Crippen LogP contribution in [0.3, 0.4) is 0 Å². The van der Waals surface area contributed by atoms with E-state index in [-0.39, 0.29) is 30.6 Å². The molecule has 33 heavy (non-hydrogen) atoms. The fourth-order valence-electron chi connectivity index (χ4n) is 4.72. The molecule has 0 spiro atoms. The predicted octanol–water partition coefficient (Wildman–Crippen LogP) is 3.44. The van der Waals surface area contributed by atoms with Gasteiger partial charge >= 0.3 is 6.55 Å². The number of halogens is 4. The van der Waals surface area contributed by atoms with E-state index in [0.717, 1.165) is 28.5 Å². The fourth-order valence-corrected chi connectivity index (χ4v) is 4.72. The average Bonchev–Trinajstić information content (AvgIpc) is 3.42. The van der Waals surface area contributed by atoms with Gasteiger partial charge in [-0.2, -0.15) is 13.9 Å². The van der Waals surface area contributed by atoms with E-state index in [2.05, 4.69) is 10.1 Å². The van der Waals surface area contributed by atoms with Crippen LogP contribution >= 0.6 is 0 Å². The Morgan fingerprint density at radius 2 is 1.97 bits per heavy atom. The number of imidazole rings is 1. The summed E-state index contributed by atoms with van der Waals surface area (Å²) in [6.07, 6.45) is -0.319. The van der Waals surface area contributed by atoms with Gasteiger partial charge in [0, 0.05) is 43.5 Å². The van der Waals surface area contributed by atoms with E-state index < -0.39 is 30.3 Å². The summed E-state index contributed by atoms with van der Waals surface area (Å²) in [7, 11) is 1.75. The molecule has 0 amide bonds. The summed E-state index contributed by atoms with van der Waals surface area (Å²) in [6.45, 7) is -0.0638. The molecular weight excluding hydrogens is 440 g/mol. The largest absolute Gasteiger partial charge is 0.370 e. The Morgan fingerprint density at radius 3 is 2.64 bits per heavy atom. The van der Waals surface area contributed by atoms with Crippen LogP contribution in [0.1, 0.15) is 41.7 Å². The van der Waals surface area contributed by atoms with E-state index in [1.165, 1.54) is 0 Å². The standard InChI is InChI=1S/C22H24F4N6O/c1-11-5-17(29-30(11)2)21-28-18-8-31(9-19(18)32(21)22(25)26)13-7-16(27)20(33-10-13)14-6-12(23)3-4-15(14)24/h3-6,13,16,20,22H,7-10,27H2,1-2H3/t13?,16-,20+/m0/s1. The average molecular weight is 464 g/mol. The molecule has 0 bridgehead atoms. The van der Waals surface area contributed by atoms with Crippen molar-refractivity contribution in [3.8, 4) is 11.5 Å². The van der Waals surface area contributed by atoms with Gasteiger partial charge in [-0.05, 0) is 37.6 Å². The highest BCUT2D eigenvalue weighted by Gasteiger charge is 2.39. The Hall–Kier alpha value is -2.76. The highest BCUT2D eigenvalue weighted by molar-refractivity contribution is 5.53. The monoisotopic (exact) mass is 464 g/mol. The minimum atomic E-state index is -2.76. The van der Waals surface area contributed by atoms with Gasteiger partial charge in [-0.1, -0.05) is 0 Å². The molecular formula is C22H24F4N6O. The molecule has 11 heteroatoms. The van der Waals surface area contributed by atoms with E-state index in [1.54, 1.807) is 17.8 Å². The molecule has 2 aromatic heterocycles. The van der Waals surface area contributed by atoms with Gasteiger partial charge in [0.25, 0.3) is 0 Å². The van der Waals surface area contributed by atoms with E-state index in [4.69, 9.17) is 10.5 Å². The SMILES string of the molecule is Cc1cc(-c2nc3c(n2C(F)F)CN(C2CO[C@H](c4cc(F)ccc4F)[C@@H](N)C2)C3)nn1C. The van der Waals surface area contributed by atoms with Crippen LogP contribution < -0.4 is 5.73 Å². The summed E-state index contributed by atoms with van der Waals surface area (Å²) < 4.78 is 64.2. The third-order valence-electron chi connectivity index (χ3n) is 6.52. The second-order valence-corrected chi connectivity index (χ2v) is 8.65. The van der Waals surface area contributed by atoms with Crippen molar-refractivity contribution in [2.75, 3.05) is 6.61 Å². The Balaban J connectivity index is 1.34. The lowest BCUT2D eigenvalue weighted by atomic mass is 9.93. The van der Waals surface area contributed by atoms with Crippen molar-refractivity contribution in [2.45, 2.75) is 51.2 Å². The molecule has 0 radical (unpaired) electrons. The summed E-state index contributed by atoms with van der Waals surface area (Å²) in [5.74, 6) is -0.985. The number of alkyl halides is 2. The number of ether oxygens (including phenoxy) is 1. The molecule has 1 aromatic carbocycles. The summed E-state index contributed by atoms with van der Waals surface area (Å²) >= 11 is 0. The first-order chi connectivity index (χ1) is 15.7. The Kier molecular flexibility index (Phi) is 5.50. The van der Waals surface area contributed by atoms with Crippen LogP contribution in [0.5, 0.6) is 0 Å². The second-order valence-electron chi connectivity index (χ2n) is 8.65. The fraction of sp³-hybridized carbons (Fsp3) is 0.455. The van der Waals surface area contributed by atoms with Gasteiger partial charge in [0.15, 0.2) is 5.82 Å². The number of fused-ring (bicyclic) bond motifs is 1. The minimum absolute atomic E-state index is 0.0896. The molecule has 1 fully saturated rings. The normalized spacial score (nSPS) is 23.5. The maximum absolute atomic E-state index is 14.2.